The molecule has 0 atom stereocenters. The highest BCUT2D eigenvalue weighted by molar-refractivity contribution is 7.89. The minimum absolute atomic E-state index is 0.0175. The number of sulfonamides is 1. The molecule has 1 rings (SSSR count). The predicted molar refractivity (Wildman–Crippen MR) is 80.8 cm³/mol. The average Bonchev–Trinajstić information content (AvgIpc) is 2.43. The van der Waals surface area contributed by atoms with Crippen molar-refractivity contribution in [3.63, 3.8) is 0 Å². The lowest BCUT2D eigenvalue weighted by atomic mass is 10.2. The van der Waals surface area contributed by atoms with Crippen LogP contribution >= 0.6 is 12.2 Å². The van der Waals surface area contributed by atoms with Gasteiger partial charge in [0.1, 0.15) is 4.99 Å². The lowest BCUT2D eigenvalue weighted by molar-refractivity contribution is -0.120. The fraction of sp³-hybridized carbons (Fsp3) is 0.333. The summed E-state index contributed by atoms with van der Waals surface area (Å²) in [5, 5.41) is 2.44. The van der Waals surface area contributed by atoms with E-state index >= 15 is 0 Å². The Bertz CT molecular complexity index is 614. The molecule has 1 aromatic rings. The predicted octanol–water partition coefficient (Wildman–Crippen LogP) is 0.0774. The standard InChI is InChI=1S/C12H17N3O3S2/c1-14-11(16)7-8-15(2)20(17,18)10-6-4-3-5-9(10)12(13)19/h3-6H,7-8H2,1-2H3,(H2,13,19)(H,14,16). The van der Waals surface area contributed by atoms with Gasteiger partial charge >= 0.3 is 0 Å². The highest BCUT2D eigenvalue weighted by Gasteiger charge is 2.24. The second-order valence-corrected chi connectivity index (χ2v) is 6.56. The first-order valence-electron chi connectivity index (χ1n) is 5.86. The Hall–Kier alpha value is -1.51. The SMILES string of the molecule is CNC(=O)CCN(C)S(=O)(=O)c1ccccc1C(N)=S. The van der Waals surface area contributed by atoms with Crippen molar-refractivity contribution < 1.29 is 13.2 Å². The van der Waals surface area contributed by atoms with E-state index in [1.807, 2.05) is 0 Å². The summed E-state index contributed by atoms with van der Waals surface area (Å²) in [5.41, 5.74) is 5.84. The number of hydrogen-bond donors (Lipinski definition) is 2. The van der Waals surface area contributed by atoms with Crippen molar-refractivity contribution in [1.82, 2.24) is 9.62 Å². The van der Waals surface area contributed by atoms with Crippen molar-refractivity contribution >= 4 is 33.1 Å². The van der Waals surface area contributed by atoms with Crippen molar-refractivity contribution in [1.29, 1.82) is 0 Å². The molecular weight excluding hydrogens is 298 g/mol. The van der Waals surface area contributed by atoms with E-state index in [1.54, 1.807) is 18.2 Å². The summed E-state index contributed by atoms with van der Waals surface area (Å²) in [6.45, 7) is 0.0771. The molecule has 0 aromatic heterocycles. The van der Waals surface area contributed by atoms with Crippen molar-refractivity contribution in [3.05, 3.63) is 29.8 Å². The maximum atomic E-state index is 12.4. The van der Waals surface area contributed by atoms with Crippen LogP contribution in [0.15, 0.2) is 29.2 Å². The van der Waals surface area contributed by atoms with Crippen molar-refractivity contribution in [2.45, 2.75) is 11.3 Å². The van der Waals surface area contributed by atoms with Gasteiger partial charge in [-0.05, 0) is 6.07 Å². The normalized spacial score (nSPS) is 11.3. The van der Waals surface area contributed by atoms with E-state index in [0.29, 0.717) is 5.56 Å². The van der Waals surface area contributed by atoms with Crippen molar-refractivity contribution in [2.75, 3.05) is 20.6 Å². The Morgan fingerprint density at radius 2 is 2.00 bits per heavy atom. The van der Waals surface area contributed by atoms with E-state index in [0.717, 1.165) is 4.31 Å². The number of rotatable bonds is 6. The van der Waals surface area contributed by atoms with Gasteiger partial charge in [-0.2, -0.15) is 0 Å². The van der Waals surface area contributed by atoms with Gasteiger partial charge in [-0.15, -0.1) is 0 Å². The maximum absolute atomic E-state index is 12.4. The molecule has 0 saturated heterocycles. The van der Waals surface area contributed by atoms with Crippen LogP contribution in [0.2, 0.25) is 0 Å². The minimum Gasteiger partial charge on any atom is -0.389 e. The van der Waals surface area contributed by atoms with Crippen LogP contribution in [0, 0.1) is 0 Å². The van der Waals surface area contributed by atoms with Gasteiger partial charge in [0.15, 0.2) is 0 Å². The largest absolute Gasteiger partial charge is 0.389 e. The van der Waals surface area contributed by atoms with E-state index in [2.05, 4.69) is 5.32 Å². The van der Waals surface area contributed by atoms with Gasteiger partial charge in [-0.25, -0.2) is 12.7 Å². The van der Waals surface area contributed by atoms with Gasteiger partial charge in [-0.1, -0.05) is 30.4 Å². The second kappa shape index (κ2) is 6.78. The van der Waals surface area contributed by atoms with Crippen LogP contribution in [0.4, 0.5) is 0 Å². The number of benzene rings is 1. The smallest absolute Gasteiger partial charge is 0.243 e. The number of carbonyl (C=O) groups excluding carboxylic acids is 1. The Morgan fingerprint density at radius 3 is 2.55 bits per heavy atom. The molecule has 1 amide bonds. The molecule has 0 heterocycles. The van der Waals surface area contributed by atoms with Crippen LogP contribution in [0.25, 0.3) is 0 Å². The van der Waals surface area contributed by atoms with E-state index in [-0.39, 0.29) is 28.8 Å². The summed E-state index contributed by atoms with van der Waals surface area (Å²) in [6, 6.07) is 6.27. The van der Waals surface area contributed by atoms with Crippen molar-refractivity contribution in [3.8, 4) is 0 Å². The third-order valence-corrected chi connectivity index (χ3v) is 4.91. The summed E-state index contributed by atoms with van der Waals surface area (Å²) in [7, 11) is -0.822. The van der Waals surface area contributed by atoms with E-state index in [1.165, 1.54) is 20.2 Å². The monoisotopic (exact) mass is 315 g/mol. The third-order valence-electron chi connectivity index (χ3n) is 2.77. The topological polar surface area (TPSA) is 92.5 Å². The van der Waals surface area contributed by atoms with Crippen LogP contribution in [-0.4, -0.2) is 44.3 Å². The number of nitrogens with two attached hydrogens (primary N) is 1. The van der Waals surface area contributed by atoms with Gasteiger partial charge in [0.25, 0.3) is 0 Å². The Balaban J connectivity index is 3.05. The van der Waals surface area contributed by atoms with Crippen molar-refractivity contribution in [2.24, 2.45) is 5.73 Å². The second-order valence-electron chi connectivity index (χ2n) is 4.11. The first-order valence-corrected chi connectivity index (χ1v) is 7.71. The average molecular weight is 315 g/mol. The van der Waals surface area contributed by atoms with Gasteiger partial charge in [0.2, 0.25) is 15.9 Å². The van der Waals surface area contributed by atoms with Gasteiger partial charge < -0.3 is 11.1 Å². The fourth-order valence-electron chi connectivity index (χ4n) is 1.57. The molecule has 110 valence electrons. The molecule has 0 aliphatic carbocycles. The number of nitrogens with one attached hydrogen (secondary N) is 1. The summed E-state index contributed by atoms with van der Waals surface area (Å²) in [6.07, 6.45) is 0.0848. The number of hydrogen-bond acceptors (Lipinski definition) is 4. The van der Waals surface area contributed by atoms with Crippen LogP contribution in [0.1, 0.15) is 12.0 Å². The molecule has 8 heteroatoms. The van der Waals surface area contributed by atoms with Crippen LogP contribution < -0.4 is 11.1 Å². The van der Waals surface area contributed by atoms with E-state index in [9.17, 15) is 13.2 Å². The molecule has 0 unspecified atom stereocenters. The van der Waals surface area contributed by atoms with Gasteiger partial charge in [-0.3, -0.25) is 4.79 Å². The lowest BCUT2D eigenvalue weighted by Gasteiger charge is -2.18. The van der Waals surface area contributed by atoms with Gasteiger partial charge in [0, 0.05) is 32.6 Å². The third kappa shape index (κ3) is 3.75. The molecule has 0 spiro atoms. The summed E-state index contributed by atoms with van der Waals surface area (Å²) in [5.74, 6) is -0.227. The molecule has 6 nitrogen and oxygen atoms in total. The zero-order valence-electron chi connectivity index (χ0n) is 11.3. The summed E-state index contributed by atoms with van der Waals surface area (Å²) < 4.78 is 26.0. The quantitative estimate of drug-likeness (QED) is 0.725. The molecule has 1 aromatic carbocycles. The Labute approximate surface area is 124 Å². The van der Waals surface area contributed by atoms with E-state index in [4.69, 9.17) is 18.0 Å². The molecule has 0 aliphatic heterocycles. The molecule has 0 bridgehead atoms. The molecule has 0 radical (unpaired) electrons. The maximum Gasteiger partial charge on any atom is 0.243 e. The van der Waals surface area contributed by atoms with Crippen LogP contribution in [0.5, 0.6) is 0 Å². The Kier molecular flexibility index (Phi) is 5.61. The fourth-order valence-corrected chi connectivity index (χ4v) is 3.18. The molecule has 20 heavy (non-hydrogen) atoms. The number of carbonyl (C=O) groups is 1. The first-order chi connectivity index (χ1) is 9.30. The first kappa shape index (κ1) is 16.5. The molecule has 0 saturated carbocycles. The van der Waals surface area contributed by atoms with Gasteiger partial charge in [0.05, 0.1) is 4.90 Å². The zero-order valence-corrected chi connectivity index (χ0v) is 12.9. The number of thiocarbonyl (C=S) groups is 1. The molecular formula is C12H17N3O3S2. The zero-order chi connectivity index (χ0) is 15.3. The highest BCUT2D eigenvalue weighted by Crippen LogP contribution is 2.19. The number of nitrogens with zero attached hydrogens (tertiary/aromatic N) is 1. The summed E-state index contributed by atoms with van der Waals surface area (Å²) >= 11 is 4.86. The summed E-state index contributed by atoms with van der Waals surface area (Å²) in [4.78, 5) is 11.2. The Morgan fingerprint density at radius 1 is 1.40 bits per heavy atom. The number of amides is 1. The van der Waals surface area contributed by atoms with Crippen LogP contribution in [-0.2, 0) is 14.8 Å². The molecule has 3 N–H and O–H groups in total. The molecule has 0 aliphatic rings. The minimum atomic E-state index is -3.73. The molecule has 0 fully saturated rings. The lowest BCUT2D eigenvalue weighted by Crippen LogP contribution is -2.32. The van der Waals surface area contributed by atoms with E-state index < -0.39 is 10.0 Å². The van der Waals surface area contributed by atoms with Crippen LogP contribution in [0.3, 0.4) is 0 Å². The highest BCUT2D eigenvalue weighted by atomic mass is 32.2.